The molecule has 6 heteroatoms. The highest BCUT2D eigenvalue weighted by Gasteiger charge is 2.11. The Morgan fingerprint density at radius 3 is 2.65 bits per heavy atom. The molecular weight excluding hydrogens is 337 g/mol. The molecule has 0 amide bonds. The van der Waals surface area contributed by atoms with Gasteiger partial charge in [0.1, 0.15) is 18.4 Å². The van der Waals surface area contributed by atoms with Gasteiger partial charge in [-0.15, -0.1) is 0 Å². The Balaban J connectivity index is 2.04. The van der Waals surface area contributed by atoms with Gasteiger partial charge in [-0.05, 0) is 25.1 Å². The number of nitrogens with one attached hydrogen (secondary N) is 1. The summed E-state index contributed by atoms with van der Waals surface area (Å²) in [6, 6.07) is 12.1. The first-order valence-corrected chi connectivity index (χ1v) is 7.84. The standard InChI is InChI=1S/C17H17Cl2NO3/c1-11(17(21)22)20-9-12-4-2-3-5-16(12)23-10-13-6-7-14(18)8-15(13)19/h2-8,11,20H,9-10H2,1H3,(H,21,22). The van der Waals surface area contributed by atoms with Crippen LogP contribution in [0.25, 0.3) is 0 Å². The van der Waals surface area contributed by atoms with Crippen LogP contribution in [0.3, 0.4) is 0 Å². The van der Waals surface area contributed by atoms with Crippen molar-refractivity contribution in [3.05, 3.63) is 63.6 Å². The molecule has 0 bridgehead atoms. The minimum atomic E-state index is -0.892. The summed E-state index contributed by atoms with van der Waals surface area (Å²) in [6.07, 6.45) is 0. The van der Waals surface area contributed by atoms with E-state index in [0.717, 1.165) is 11.1 Å². The Labute approximate surface area is 145 Å². The fraction of sp³-hybridized carbons (Fsp3) is 0.235. The third-order valence-electron chi connectivity index (χ3n) is 3.34. The first kappa shape index (κ1) is 17.6. The van der Waals surface area contributed by atoms with Crippen molar-refractivity contribution in [2.24, 2.45) is 0 Å². The molecule has 0 saturated carbocycles. The average molecular weight is 354 g/mol. The summed E-state index contributed by atoms with van der Waals surface area (Å²) in [6.45, 7) is 2.30. The lowest BCUT2D eigenvalue weighted by molar-refractivity contribution is -0.139. The first-order chi connectivity index (χ1) is 11.0. The maximum absolute atomic E-state index is 10.9. The highest BCUT2D eigenvalue weighted by Crippen LogP contribution is 2.24. The lowest BCUT2D eigenvalue weighted by Crippen LogP contribution is -2.33. The fourth-order valence-corrected chi connectivity index (χ4v) is 2.40. The monoisotopic (exact) mass is 353 g/mol. The van der Waals surface area contributed by atoms with E-state index in [2.05, 4.69) is 5.32 Å². The van der Waals surface area contributed by atoms with Gasteiger partial charge in [-0.25, -0.2) is 0 Å². The predicted molar refractivity (Wildman–Crippen MR) is 91.2 cm³/mol. The van der Waals surface area contributed by atoms with E-state index in [1.807, 2.05) is 30.3 Å². The summed E-state index contributed by atoms with van der Waals surface area (Å²) in [5.74, 6) is -0.208. The van der Waals surface area contributed by atoms with Crippen LogP contribution in [0, 0.1) is 0 Å². The first-order valence-electron chi connectivity index (χ1n) is 7.08. The number of carboxylic acids is 1. The van der Waals surface area contributed by atoms with Gasteiger partial charge in [-0.3, -0.25) is 4.79 Å². The molecule has 0 saturated heterocycles. The van der Waals surface area contributed by atoms with Crippen molar-refractivity contribution in [3.63, 3.8) is 0 Å². The molecule has 1 unspecified atom stereocenters. The number of carboxylic acid groups (broad SMARTS) is 1. The van der Waals surface area contributed by atoms with Crippen LogP contribution in [0.1, 0.15) is 18.1 Å². The number of aliphatic carboxylic acids is 1. The molecule has 23 heavy (non-hydrogen) atoms. The molecule has 2 aromatic rings. The highest BCUT2D eigenvalue weighted by atomic mass is 35.5. The van der Waals surface area contributed by atoms with E-state index >= 15 is 0 Å². The minimum absolute atomic E-state index is 0.307. The van der Waals surface area contributed by atoms with E-state index in [1.54, 1.807) is 19.1 Å². The molecule has 122 valence electrons. The van der Waals surface area contributed by atoms with Crippen LogP contribution in [-0.4, -0.2) is 17.1 Å². The zero-order valence-corrected chi connectivity index (χ0v) is 14.1. The Hall–Kier alpha value is -1.75. The molecule has 0 radical (unpaired) electrons. The van der Waals surface area contributed by atoms with Gasteiger partial charge in [0.15, 0.2) is 0 Å². The summed E-state index contributed by atoms with van der Waals surface area (Å²) >= 11 is 12.0. The molecule has 0 aromatic heterocycles. The smallest absolute Gasteiger partial charge is 0.320 e. The third-order valence-corrected chi connectivity index (χ3v) is 3.93. The highest BCUT2D eigenvalue weighted by molar-refractivity contribution is 6.35. The van der Waals surface area contributed by atoms with Crippen molar-refractivity contribution in [2.75, 3.05) is 0 Å². The minimum Gasteiger partial charge on any atom is -0.489 e. The van der Waals surface area contributed by atoms with Crippen molar-refractivity contribution in [1.82, 2.24) is 5.32 Å². The molecule has 0 fully saturated rings. The summed E-state index contributed by atoms with van der Waals surface area (Å²) in [4.78, 5) is 10.9. The van der Waals surface area contributed by atoms with E-state index in [4.69, 9.17) is 33.0 Å². The van der Waals surface area contributed by atoms with Crippen LogP contribution in [0.15, 0.2) is 42.5 Å². The van der Waals surface area contributed by atoms with Crippen LogP contribution in [0.5, 0.6) is 5.75 Å². The molecule has 0 spiro atoms. The van der Waals surface area contributed by atoms with Crippen LogP contribution >= 0.6 is 23.2 Å². The SMILES string of the molecule is CC(NCc1ccccc1OCc1ccc(Cl)cc1Cl)C(=O)O. The molecule has 2 rings (SSSR count). The number of carbonyl (C=O) groups is 1. The number of halogens is 2. The topological polar surface area (TPSA) is 58.6 Å². The van der Waals surface area contributed by atoms with Gasteiger partial charge in [-0.1, -0.05) is 47.5 Å². The molecule has 0 heterocycles. The predicted octanol–water partition coefficient (Wildman–Crippen LogP) is 4.14. The number of para-hydroxylation sites is 1. The number of ether oxygens (including phenoxy) is 1. The largest absolute Gasteiger partial charge is 0.489 e. The lowest BCUT2D eigenvalue weighted by Gasteiger charge is -2.14. The zero-order valence-electron chi connectivity index (χ0n) is 12.6. The lowest BCUT2D eigenvalue weighted by atomic mass is 10.2. The van der Waals surface area contributed by atoms with Crippen LogP contribution < -0.4 is 10.1 Å². The Bertz CT molecular complexity index is 691. The van der Waals surface area contributed by atoms with Crippen molar-refractivity contribution in [3.8, 4) is 5.75 Å². The molecule has 4 nitrogen and oxygen atoms in total. The molecule has 2 aromatic carbocycles. The Kier molecular flexibility index (Phi) is 6.28. The molecule has 1 atom stereocenters. The molecule has 0 aliphatic rings. The number of benzene rings is 2. The van der Waals surface area contributed by atoms with Gasteiger partial charge in [0.25, 0.3) is 0 Å². The van der Waals surface area contributed by atoms with Gasteiger partial charge in [-0.2, -0.15) is 0 Å². The van der Waals surface area contributed by atoms with Gasteiger partial charge in [0, 0.05) is 27.7 Å². The van der Waals surface area contributed by atoms with E-state index in [-0.39, 0.29) is 0 Å². The fourth-order valence-electron chi connectivity index (χ4n) is 1.94. The van der Waals surface area contributed by atoms with Crippen molar-refractivity contribution in [2.45, 2.75) is 26.1 Å². The Morgan fingerprint density at radius 2 is 1.96 bits per heavy atom. The number of hydrogen-bond acceptors (Lipinski definition) is 3. The van der Waals surface area contributed by atoms with Gasteiger partial charge in [0.2, 0.25) is 0 Å². The number of rotatable bonds is 7. The van der Waals surface area contributed by atoms with Crippen molar-refractivity contribution >= 4 is 29.2 Å². The van der Waals surface area contributed by atoms with E-state index < -0.39 is 12.0 Å². The zero-order chi connectivity index (χ0) is 16.8. The number of hydrogen-bond donors (Lipinski definition) is 2. The average Bonchev–Trinajstić information content (AvgIpc) is 2.52. The maximum atomic E-state index is 10.9. The molecule has 2 N–H and O–H groups in total. The summed E-state index contributed by atoms with van der Waals surface area (Å²) < 4.78 is 5.82. The van der Waals surface area contributed by atoms with Crippen LogP contribution in [0.2, 0.25) is 10.0 Å². The van der Waals surface area contributed by atoms with E-state index in [1.165, 1.54) is 0 Å². The second-order valence-electron chi connectivity index (χ2n) is 5.07. The maximum Gasteiger partial charge on any atom is 0.320 e. The van der Waals surface area contributed by atoms with Crippen molar-refractivity contribution in [1.29, 1.82) is 0 Å². The molecule has 0 aliphatic heterocycles. The molecular formula is C17H17Cl2NO3. The summed E-state index contributed by atoms with van der Waals surface area (Å²) in [7, 11) is 0. The quantitative estimate of drug-likeness (QED) is 0.785. The van der Waals surface area contributed by atoms with Crippen LogP contribution in [0.4, 0.5) is 0 Å². The van der Waals surface area contributed by atoms with Gasteiger partial charge < -0.3 is 15.2 Å². The Morgan fingerprint density at radius 1 is 1.22 bits per heavy atom. The summed E-state index contributed by atoms with van der Waals surface area (Å²) in [5.41, 5.74) is 1.71. The van der Waals surface area contributed by atoms with Crippen LogP contribution in [-0.2, 0) is 17.9 Å². The third kappa shape index (κ3) is 5.13. The van der Waals surface area contributed by atoms with E-state index in [9.17, 15) is 4.79 Å². The van der Waals surface area contributed by atoms with Gasteiger partial charge in [0.05, 0.1) is 0 Å². The molecule has 0 aliphatic carbocycles. The van der Waals surface area contributed by atoms with Crippen molar-refractivity contribution < 1.29 is 14.6 Å². The second-order valence-corrected chi connectivity index (χ2v) is 5.92. The van der Waals surface area contributed by atoms with E-state index in [0.29, 0.717) is 28.9 Å². The normalized spacial score (nSPS) is 12.0. The second kappa shape index (κ2) is 8.20. The summed E-state index contributed by atoms with van der Waals surface area (Å²) in [5, 5.41) is 13.0. The van der Waals surface area contributed by atoms with Gasteiger partial charge >= 0.3 is 5.97 Å².